The number of nitrogens with one attached hydrogen (secondary N) is 2. The quantitative estimate of drug-likeness (QED) is 0.239. The van der Waals surface area contributed by atoms with Crippen LogP contribution in [0.15, 0.2) is 46.9 Å². The van der Waals surface area contributed by atoms with E-state index in [-0.39, 0.29) is 25.0 Å². The number of ether oxygens (including phenoxy) is 2. The molecule has 3 aromatic rings. The van der Waals surface area contributed by atoms with Crippen molar-refractivity contribution >= 4 is 18.0 Å². The normalized spacial score (nSPS) is 11.0. The summed E-state index contributed by atoms with van der Waals surface area (Å²) in [5.41, 5.74) is 3.55. The first-order valence-corrected chi connectivity index (χ1v) is 13.8. The Hall–Kier alpha value is -4.34. The third-order valence-electron chi connectivity index (χ3n) is 6.09. The third-order valence-corrected chi connectivity index (χ3v) is 6.09. The average Bonchev–Trinajstić information content (AvgIpc) is 3.29. The highest BCUT2D eigenvalue weighted by atomic mass is 16.6. The number of benzene rings is 2. The van der Waals surface area contributed by atoms with Crippen LogP contribution in [-0.4, -0.2) is 47.3 Å². The highest BCUT2D eigenvalue weighted by Crippen LogP contribution is 2.24. The Morgan fingerprint density at radius 2 is 1.78 bits per heavy atom. The fourth-order valence-corrected chi connectivity index (χ4v) is 4.01. The fraction of sp³-hybridized carbons (Fsp3) is 0.419. The van der Waals surface area contributed by atoms with Gasteiger partial charge in [0.05, 0.1) is 18.4 Å². The van der Waals surface area contributed by atoms with Crippen LogP contribution in [0.4, 0.5) is 4.79 Å². The molecule has 0 spiro atoms. The number of carboxylic acids is 1. The molecule has 2 amide bonds. The third kappa shape index (κ3) is 9.97. The zero-order chi connectivity index (χ0) is 29.9. The van der Waals surface area contributed by atoms with E-state index in [1.165, 1.54) is 0 Å². The maximum absolute atomic E-state index is 12.5. The summed E-state index contributed by atoms with van der Waals surface area (Å²) in [7, 11) is 0. The molecule has 41 heavy (non-hydrogen) atoms. The maximum atomic E-state index is 12.5. The molecule has 0 fully saturated rings. The zero-order valence-corrected chi connectivity index (χ0v) is 24.3. The van der Waals surface area contributed by atoms with Gasteiger partial charge in [0.25, 0.3) is 5.91 Å². The highest BCUT2D eigenvalue weighted by molar-refractivity contribution is 5.95. The van der Waals surface area contributed by atoms with E-state index in [0.717, 1.165) is 16.8 Å². The van der Waals surface area contributed by atoms with Crippen molar-refractivity contribution in [2.24, 2.45) is 5.92 Å². The Bertz CT molecular complexity index is 1350. The number of aromatic nitrogens is 1. The van der Waals surface area contributed by atoms with Gasteiger partial charge in [-0.05, 0) is 74.6 Å². The lowest BCUT2D eigenvalue weighted by Gasteiger charge is -2.14. The molecular weight excluding hydrogens is 526 g/mol. The largest absolute Gasteiger partial charge is 0.493 e. The first kappa shape index (κ1) is 31.2. The summed E-state index contributed by atoms with van der Waals surface area (Å²) in [4.78, 5) is 40.2. The Balaban J connectivity index is 1.65. The van der Waals surface area contributed by atoms with E-state index in [1.807, 2.05) is 32.9 Å². The van der Waals surface area contributed by atoms with Gasteiger partial charge < -0.3 is 29.6 Å². The van der Waals surface area contributed by atoms with Gasteiger partial charge in [-0.25, -0.2) is 9.78 Å². The molecule has 220 valence electrons. The summed E-state index contributed by atoms with van der Waals surface area (Å²) in [6.45, 7) is 10.5. The van der Waals surface area contributed by atoms with Gasteiger partial charge in [0, 0.05) is 37.1 Å². The topological polar surface area (TPSA) is 140 Å². The van der Waals surface area contributed by atoms with E-state index in [2.05, 4.69) is 15.6 Å². The molecule has 0 aliphatic heterocycles. The number of rotatable bonds is 14. The van der Waals surface area contributed by atoms with Crippen molar-refractivity contribution in [2.45, 2.75) is 66.5 Å². The van der Waals surface area contributed by atoms with Crippen LogP contribution < -0.4 is 15.4 Å². The van der Waals surface area contributed by atoms with Crippen molar-refractivity contribution in [3.05, 3.63) is 70.6 Å². The minimum atomic E-state index is -0.896. The Kier molecular flexibility index (Phi) is 11.3. The predicted octanol–water partition coefficient (Wildman–Crippen LogP) is 5.31. The molecule has 3 N–H and O–H groups in total. The van der Waals surface area contributed by atoms with E-state index in [1.54, 1.807) is 44.2 Å². The van der Waals surface area contributed by atoms with E-state index < -0.39 is 12.1 Å². The SMILES string of the molecule is Cc1oc(-c2cccc(C(=O)NCC(C)C)c2)nc1CCOc1ccc(CCC(=O)O)c(CNC(=O)OC(C)C)c1. The average molecular weight is 566 g/mol. The number of alkyl carbamates (subject to hydrolysis) is 1. The van der Waals surface area contributed by atoms with Crippen LogP contribution >= 0.6 is 0 Å². The monoisotopic (exact) mass is 565 g/mol. The molecule has 3 rings (SSSR count). The van der Waals surface area contributed by atoms with Gasteiger partial charge in [-0.2, -0.15) is 0 Å². The summed E-state index contributed by atoms with van der Waals surface area (Å²) >= 11 is 0. The Morgan fingerprint density at radius 1 is 1.00 bits per heavy atom. The second-order valence-corrected chi connectivity index (χ2v) is 10.4. The number of carbonyl (C=O) groups excluding carboxylic acids is 2. The molecule has 0 radical (unpaired) electrons. The maximum Gasteiger partial charge on any atom is 0.407 e. The van der Waals surface area contributed by atoms with Crippen molar-refractivity contribution in [3.8, 4) is 17.2 Å². The first-order chi connectivity index (χ1) is 19.5. The molecule has 0 atom stereocenters. The summed E-state index contributed by atoms with van der Waals surface area (Å²) in [6, 6.07) is 12.6. The molecule has 0 aliphatic carbocycles. The molecule has 0 bridgehead atoms. The molecule has 1 aromatic heterocycles. The van der Waals surface area contributed by atoms with Crippen LogP contribution in [0.1, 0.15) is 67.1 Å². The molecule has 0 saturated carbocycles. The van der Waals surface area contributed by atoms with Gasteiger partial charge in [-0.1, -0.05) is 26.0 Å². The number of nitrogens with zero attached hydrogens (tertiary/aromatic N) is 1. The summed E-state index contributed by atoms with van der Waals surface area (Å²) < 4.78 is 17.0. The number of carbonyl (C=O) groups is 3. The van der Waals surface area contributed by atoms with Crippen LogP contribution in [0.2, 0.25) is 0 Å². The van der Waals surface area contributed by atoms with Gasteiger partial charge in [0.2, 0.25) is 5.89 Å². The van der Waals surface area contributed by atoms with Crippen molar-refractivity contribution in [3.63, 3.8) is 0 Å². The lowest BCUT2D eigenvalue weighted by Crippen LogP contribution is -2.27. The standard InChI is InChI=1S/C31H39N3O7/c1-19(2)17-32-29(37)23-7-6-8-24(15-23)30-34-27(21(5)41-30)13-14-39-26-11-9-22(10-12-28(35)36)25(16-26)18-33-31(38)40-20(3)4/h6-9,11,15-16,19-20H,10,12-14,17-18H2,1-5H3,(H,32,37)(H,33,38)(H,35,36). The molecule has 0 aliphatic rings. The summed E-state index contributed by atoms with van der Waals surface area (Å²) in [5, 5.41) is 14.7. The first-order valence-electron chi connectivity index (χ1n) is 13.8. The predicted molar refractivity (Wildman–Crippen MR) is 154 cm³/mol. The van der Waals surface area contributed by atoms with Gasteiger partial charge in [-0.15, -0.1) is 0 Å². The lowest BCUT2D eigenvalue weighted by molar-refractivity contribution is -0.136. The second-order valence-electron chi connectivity index (χ2n) is 10.4. The minimum Gasteiger partial charge on any atom is -0.493 e. The van der Waals surface area contributed by atoms with E-state index >= 15 is 0 Å². The molecule has 2 aromatic carbocycles. The van der Waals surface area contributed by atoms with Crippen LogP contribution in [0.5, 0.6) is 5.75 Å². The van der Waals surface area contributed by atoms with E-state index in [9.17, 15) is 14.4 Å². The van der Waals surface area contributed by atoms with Gasteiger partial charge in [0.15, 0.2) is 0 Å². The number of hydrogen-bond acceptors (Lipinski definition) is 7. The summed E-state index contributed by atoms with van der Waals surface area (Å²) in [5.74, 6) is 0.994. The van der Waals surface area contributed by atoms with Crippen LogP contribution in [-0.2, 0) is 28.9 Å². The number of aryl methyl sites for hydroxylation is 2. The van der Waals surface area contributed by atoms with Gasteiger partial charge >= 0.3 is 12.1 Å². The van der Waals surface area contributed by atoms with Gasteiger partial charge in [0.1, 0.15) is 11.5 Å². The number of aliphatic carboxylic acids is 1. The summed E-state index contributed by atoms with van der Waals surface area (Å²) in [6.07, 6.45) is -0.0146. The van der Waals surface area contributed by atoms with Crippen LogP contribution in [0.25, 0.3) is 11.5 Å². The smallest absolute Gasteiger partial charge is 0.407 e. The van der Waals surface area contributed by atoms with E-state index in [0.29, 0.717) is 60.4 Å². The number of oxazole rings is 1. The Morgan fingerprint density at radius 3 is 2.49 bits per heavy atom. The minimum absolute atomic E-state index is 0.0249. The lowest BCUT2D eigenvalue weighted by atomic mass is 10.0. The molecule has 1 heterocycles. The van der Waals surface area contributed by atoms with Gasteiger partial charge in [-0.3, -0.25) is 9.59 Å². The molecule has 10 nitrogen and oxygen atoms in total. The molecular formula is C31H39N3O7. The van der Waals surface area contributed by atoms with Crippen LogP contribution in [0.3, 0.4) is 0 Å². The second kappa shape index (κ2) is 14.9. The van der Waals surface area contributed by atoms with Crippen molar-refractivity contribution in [1.29, 1.82) is 0 Å². The van der Waals surface area contributed by atoms with Crippen molar-refractivity contribution < 1.29 is 33.4 Å². The van der Waals surface area contributed by atoms with Crippen LogP contribution in [0, 0.1) is 12.8 Å². The fourth-order valence-electron chi connectivity index (χ4n) is 4.01. The number of hydrogen-bond donors (Lipinski definition) is 3. The number of amides is 2. The number of carboxylic acid groups (broad SMARTS) is 1. The molecule has 10 heteroatoms. The zero-order valence-electron chi connectivity index (χ0n) is 24.3. The highest BCUT2D eigenvalue weighted by Gasteiger charge is 2.15. The molecule has 0 saturated heterocycles. The van der Waals surface area contributed by atoms with E-state index in [4.69, 9.17) is 19.0 Å². The Labute approximate surface area is 240 Å². The van der Waals surface area contributed by atoms with Crippen molar-refractivity contribution in [2.75, 3.05) is 13.2 Å². The molecule has 0 unspecified atom stereocenters. The van der Waals surface area contributed by atoms with Crippen molar-refractivity contribution in [1.82, 2.24) is 15.6 Å².